The number of aliphatic hydroxyl groups excluding tert-OH is 1. The van der Waals surface area contributed by atoms with Gasteiger partial charge >= 0.3 is 0 Å². The SMILES string of the molecule is COc1cccc(CNCC(O)CN2CCc3ccccc3C2)c1. The Bertz CT molecular complexity index is 660. The number of hydrogen-bond acceptors (Lipinski definition) is 4. The van der Waals surface area contributed by atoms with Gasteiger partial charge in [0.1, 0.15) is 5.75 Å². The van der Waals surface area contributed by atoms with E-state index in [-0.39, 0.29) is 6.10 Å². The normalized spacial score (nSPS) is 15.8. The zero-order valence-corrected chi connectivity index (χ0v) is 14.2. The van der Waals surface area contributed by atoms with Crippen molar-refractivity contribution in [3.63, 3.8) is 0 Å². The summed E-state index contributed by atoms with van der Waals surface area (Å²) < 4.78 is 5.23. The van der Waals surface area contributed by atoms with Gasteiger partial charge in [-0.15, -0.1) is 0 Å². The van der Waals surface area contributed by atoms with Crippen LogP contribution in [0.2, 0.25) is 0 Å². The quantitative estimate of drug-likeness (QED) is 0.819. The standard InChI is InChI=1S/C20H26N2O2/c1-24-20-8-4-5-16(11-20)12-21-13-19(23)15-22-10-9-17-6-2-3-7-18(17)14-22/h2-8,11,19,21,23H,9-10,12-15H2,1H3. The van der Waals surface area contributed by atoms with Crippen molar-refractivity contribution in [1.29, 1.82) is 0 Å². The second-order valence-corrected chi connectivity index (χ2v) is 6.39. The summed E-state index contributed by atoms with van der Waals surface area (Å²) >= 11 is 0. The molecule has 0 spiro atoms. The van der Waals surface area contributed by atoms with E-state index >= 15 is 0 Å². The summed E-state index contributed by atoms with van der Waals surface area (Å²) in [5.41, 5.74) is 3.99. The summed E-state index contributed by atoms with van der Waals surface area (Å²) in [5.74, 6) is 0.863. The van der Waals surface area contributed by atoms with E-state index in [4.69, 9.17) is 4.74 Å². The van der Waals surface area contributed by atoms with E-state index in [2.05, 4.69) is 40.5 Å². The van der Waals surface area contributed by atoms with Crippen molar-refractivity contribution >= 4 is 0 Å². The molecule has 1 atom stereocenters. The molecule has 0 amide bonds. The lowest BCUT2D eigenvalue weighted by atomic mass is 10.00. The number of methoxy groups -OCH3 is 1. The average Bonchev–Trinajstić information content (AvgIpc) is 2.62. The molecule has 1 heterocycles. The van der Waals surface area contributed by atoms with Crippen LogP contribution in [0.25, 0.3) is 0 Å². The molecule has 0 aliphatic carbocycles. The highest BCUT2D eigenvalue weighted by molar-refractivity contribution is 5.29. The minimum absolute atomic E-state index is 0.360. The zero-order valence-electron chi connectivity index (χ0n) is 14.2. The summed E-state index contributed by atoms with van der Waals surface area (Å²) in [6.45, 7) is 3.99. The van der Waals surface area contributed by atoms with Crippen molar-refractivity contribution in [3.05, 3.63) is 65.2 Å². The van der Waals surface area contributed by atoms with E-state index in [9.17, 15) is 5.11 Å². The highest BCUT2D eigenvalue weighted by Crippen LogP contribution is 2.18. The number of nitrogens with zero attached hydrogens (tertiary/aromatic N) is 1. The number of hydrogen-bond donors (Lipinski definition) is 2. The molecule has 0 fully saturated rings. The number of aliphatic hydroxyl groups is 1. The molecule has 2 N–H and O–H groups in total. The van der Waals surface area contributed by atoms with Crippen LogP contribution >= 0.6 is 0 Å². The Kier molecular flexibility index (Phi) is 5.86. The Morgan fingerprint density at radius 3 is 2.83 bits per heavy atom. The molecule has 2 aromatic rings. The Morgan fingerprint density at radius 2 is 2.00 bits per heavy atom. The van der Waals surface area contributed by atoms with Crippen molar-refractivity contribution in [2.45, 2.75) is 25.6 Å². The van der Waals surface area contributed by atoms with Gasteiger partial charge in [0.25, 0.3) is 0 Å². The molecule has 1 unspecified atom stereocenters. The fourth-order valence-electron chi connectivity index (χ4n) is 3.24. The first-order chi connectivity index (χ1) is 11.7. The van der Waals surface area contributed by atoms with Crippen molar-refractivity contribution in [2.75, 3.05) is 26.7 Å². The molecule has 2 aromatic carbocycles. The molecule has 0 saturated heterocycles. The monoisotopic (exact) mass is 326 g/mol. The number of β-amino-alcohol motifs (C(OH)–C–C–N with tert-alkyl or cyclic N) is 1. The molecular weight excluding hydrogens is 300 g/mol. The molecule has 0 bridgehead atoms. The predicted octanol–water partition coefficient (Wildman–Crippen LogP) is 2.20. The minimum Gasteiger partial charge on any atom is -0.497 e. The maximum atomic E-state index is 10.3. The van der Waals surface area contributed by atoms with Crippen LogP contribution in [0.3, 0.4) is 0 Å². The minimum atomic E-state index is -0.360. The van der Waals surface area contributed by atoms with Gasteiger partial charge in [-0.25, -0.2) is 0 Å². The van der Waals surface area contributed by atoms with Gasteiger partial charge in [-0.3, -0.25) is 4.90 Å². The van der Waals surface area contributed by atoms with Crippen LogP contribution in [0.5, 0.6) is 5.75 Å². The van der Waals surface area contributed by atoms with Crippen molar-refractivity contribution in [1.82, 2.24) is 10.2 Å². The Hall–Kier alpha value is -1.88. The summed E-state index contributed by atoms with van der Waals surface area (Å²) in [4.78, 5) is 2.33. The van der Waals surface area contributed by atoms with E-state index < -0.39 is 0 Å². The summed E-state index contributed by atoms with van der Waals surface area (Å²) in [5, 5.41) is 13.6. The number of benzene rings is 2. The van der Waals surface area contributed by atoms with Crippen LogP contribution in [-0.2, 0) is 19.5 Å². The lowest BCUT2D eigenvalue weighted by Crippen LogP contribution is -2.40. The molecule has 0 saturated carbocycles. The van der Waals surface area contributed by atoms with Gasteiger partial charge in [-0.1, -0.05) is 36.4 Å². The number of fused-ring (bicyclic) bond motifs is 1. The molecular formula is C20H26N2O2. The molecule has 1 aliphatic heterocycles. The first-order valence-electron chi connectivity index (χ1n) is 8.55. The van der Waals surface area contributed by atoms with E-state index in [1.54, 1.807) is 7.11 Å². The fourth-order valence-corrected chi connectivity index (χ4v) is 3.24. The van der Waals surface area contributed by atoms with Crippen molar-refractivity contribution in [3.8, 4) is 5.75 Å². The average molecular weight is 326 g/mol. The predicted molar refractivity (Wildman–Crippen MR) is 96.1 cm³/mol. The number of ether oxygens (including phenoxy) is 1. The van der Waals surface area contributed by atoms with Gasteiger partial charge in [0.05, 0.1) is 13.2 Å². The maximum absolute atomic E-state index is 10.3. The van der Waals surface area contributed by atoms with Crippen LogP contribution in [0, 0.1) is 0 Å². The largest absolute Gasteiger partial charge is 0.497 e. The zero-order chi connectivity index (χ0) is 16.8. The molecule has 3 rings (SSSR count). The van der Waals surface area contributed by atoms with Crippen LogP contribution in [0.4, 0.5) is 0 Å². The van der Waals surface area contributed by atoms with Gasteiger partial charge in [0.15, 0.2) is 0 Å². The van der Waals surface area contributed by atoms with E-state index in [1.165, 1.54) is 11.1 Å². The maximum Gasteiger partial charge on any atom is 0.119 e. The first-order valence-corrected chi connectivity index (χ1v) is 8.55. The second kappa shape index (κ2) is 8.29. The third kappa shape index (κ3) is 4.57. The third-order valence-corrected chi connectivity index (χ3v) is 4.52. The van der Waals surface area contributed by atoms with E-state index in [0.29, 0.717) is 13.1 Å². The summed E-state index contributed by atoms with van der Waals surface area (Å²) in [7, 11) is 1.67. The van der Waals surface area contributed by atoms with Gasteiger partial charge in [-0.05, 0) is 35.2 Å². The smallest absolute Gasteiger partial charge is 0.119 e. The molecule has 128 valence electrons. The number of rotatable bonds is 7. The van der Waals surface area contributed by atoms with E-state index in [0.717, 1.165) is 37.4 Å². The molecule has 24 heavy (non-hydrogen) atoms. The van der Waals surface area contributed by atoms with Gasteiger partial charge in [0.2, 0.25) is 0 Å². The van der Waals surface area contributed by atoms with Crippen molar-refractivity contribution in [2.24, 2.45) is 0 Å². The molecule has 4 nitrogen and oxygen atoms in total. The summed E-state index contributed by atoms with van der Waals surface area (Å²) in [6, 6.07) is 16.6. The fraction of sp³-hybridized carbons (Fsp3) is 0.400. The van der Waals surface area contributed by atoms with Crippen LogP contribution in [0.1, 0.15) is 16.7 Å². The van der Waals surface area contributed by atoms with Crippen molar-refractivity contribution < 1.29 is 9.84 Å². The van der Waals surface area contributed by atoms with Crippen LogP contribution < -0.4 is 10.1 Å². The topological polar surface area (TPSA) is 44.7 Å². The Labute approximate surface area is 144 Å². The Balaban J connectivity index is 1.42. The lowest BCUT2D eigenvalue weighted by molar-refractivity contribution is 0.104. The third-order valence-electron chi connectivity index (χ3n) is 4.52. The van der Waals surface area contributed by atoms with Gasteiger partial charge in [0, 0.05) is 32.7 Å². The second-order valence-electron chi connectivity index (χ2n) is 6.39. The first kappa shape index (κ1) is 17.0. The van der Waals surface area contributed by atoms with Gasteiger partial charge in [-0.2, -0.15) is 0 Å². The lowest BCUT2D eigenvalue weighted by Gasteiger charge is -2.30. The molecule has 0 aromatic heterocycles. The van der Waals surface area contributed by atoms with Crippen LogP contribution in [0.15, 0.2) is 48.5 Å². The highest BCUT2D eigenvalue weighted by Gasteiger charge is 2.18. The Morgan fingerprint density at radius 1 is 1.17 bits per heavy atom. The molecule has 1 aliphatic rings. The number of nitrogens with one attached hydrogen (secondary N) is 1. The molecule has 0 radical (unpaired) electrons. The van der Waals surface area contributed by atoms with E-state index in [1.807, 2.05) is 18.2 Å². The highest BCUT2D eigenvalue weighted by atomic mass is 16.5. The summed E-state index contributed by atoms with van der Waals surface area (Å²) in [6.07, 6.45) is 0.709. The van der Waals surface area contributed by atoms with Crippen LogP contribution in [-0.4, -0.2) is 42.9 Å². The molecule has 4 heteroatoms. The van der Waals surface area contributed by atoms with Gasteiger partial charge < -0.3 is 15.2 Å².